The number of hydrogen-bond acceptors (Lipinski definition) is 5. The number of rotatable bonds is 3. The highest BCUT2D eigenvalue weighted by Crippen LogP contribution is 2.41. The summed E-state index contributed by atoms with van der Waals surface area (Å²) in [6, 6.07) is 11.5. The molecule has 1 saturated heterocycles. The van der Waals surface area contributed by atoms with Crippen LogP contribution in [0, 0.1) is 0 Å². The van der Waals surface area contributed by atoms with Crippen LogP contribution in [-0.2, 0) is 11.8 Å². The number of likely N-dealkylation sites (tertiary alicyclic amines) is 1. The second kappa shape index (κ2) is 7.97. The van der Waals surface area contributed by atoms with Gasteiger partial charge in [-0.1, -0.05) is 18.2 Å². The van der Waals surface area contributed by atoms with Gasteiger partial charge in [-0.2, -0.15) is 13.2 Å². The lowest BCUT2D eigenvalue weighted by molar-refractivity contribution is -0.141. The Kier molecular flexibility index (Phi) is 5.49. The van der Waals surface area contributed by atoms with Gasteiger partial charge in [0.25, 0.3) is 5.91 Å². The predicted molar refractivity (Wildman–Crippen MR) is 110 cm³/mol. The first-order valence-electron chi connectivity index (χ1n) is 9.61. The summed E-state index contributed by atoms with van der Waals surface area (Å²) < 4.78 is 40.1. The minimum Gasteiger partial charge on any atom is -0.508 e. The van der Waals surface area contributed by atoms with E-state index in [1.54, 1.807) is 17.5 Å². The zero-order valence-electron chi connectivity index (χ0n) is 16.3. The summed E-state index contributed by atoms with van der Waals surface area (Å²) in [4.78, 5) is 18.7. The van der Waals surface area contributed by atoms with E-state index in [0.29, 0.717) is 5.01 Å². The monoisotopic (exact) mass is 448 g/mol. The maximum atomic E-state index is 13.4. The van der Waals surface area contributed by atoms with E-state index < -0.39 is 17.3 Å². The van der Waals surface area contributed by atoms with Crippen LogP contribution in [0.5, 0.6) is 5.75 Å². The van der Waals surface area contributed by atoms with Gasteiger partial charge >= 0.3 is 6.18 Å². The van der Waals surface area contributed by atoms with Crippen LogP contribution in [0.3, 0.4) is 0 Å². The normalized spacial score (nSPS) is 16.3. The van der Waals surface area contributed by atoms with Crippen LogP contribution in [0.15, 0.2) is 53.9 Å². The average molecular weight is 448 g/mol. The molecule has 0 atom stereocenters. The molecule has 4 rings (SSSR count). The largest absolute Gasteiger partial charge is 0.508 e. The smallest absolute Gasteiger partial charge is 0.416 e. The van der Waals surface area contributed by atoms with Gasteiger partial charge in [0.05, 0.1) is 11.2 Å². The van der Waals surface area contributed by atoms with Gasteiger partial charge in [0, 0.05) is 24.0 Å². The van der Waals surface area contributed by atoms with Crippen molar-refractivity contribution in [3.8, 4) is 16.3 Å². The summed E-state index contributed by atoms with van der Waals surface area (Å²) in [5, 5.41) is 22.6. The topological polar surface area (TPSA) is 73.7 Å². The standard InChI is InChI=1S/C22H19F3N2O3S/c23-22(24,25)17-4-2-1-3-16(17)21(30)9-11-27(12-10-21)20(29)18-13-31-19(26-18)14-5-7-15(28)8-6-14/h1-8,13,28,30H,9-12H2. The molecular formula is C22H19F3N2O3S. The molecule has 1 aromatic heterocycles. The molecule has 162 valence electrons. The molecule has 5 nitrogen and oxygen atoms in total. The Hall–Kier alpha value is -2.91. The SMILES string of the molecule is O=C(c1csc(-c2ccc(O)cc2)n1)N1CCC(O)(c2ccccc2C(F)(F)F)CC1. The number of phenols is 1. The van der Waals surface area contributed by atoms with Gasteiger partial charge in [0.2, 0.25) is 0 Å². The fourth-order valence-electron chi connectivity index (χ4n) is 3.76. The number of aromatic nitrogens is 1. The van der Waals surface area contributed by atoms with Crippen LogP contribution in [-0.4, -0.2) is 39.1 Å². The van der Waals surface area contributed by atoms with Crippen LogP contribution < -0.4 is 0 Å². The van der Waals surface area contributed by atoms with Crippen molar-refractivity contribution in [2.45, 2.75) is 24.6 Å². The summed E-state index contributed by atoms with van der Waals surface area (Å²) >= 11 is 1.29. The summed E-state index contributed by atoms with van der Waals surface area (Å²) in [5.74, 6) is -0.197. The molecule has 0 unspecified atom stereocenters. The Morgan fingerprint density at radius 2 is 1.71 bits per heavy atom. The zero-order valence-corrected chi connectivity index (χ0v) is 17.1. The lowest BCUT2D eigenvalue weighted by Gasteiger charge is -2.39. The number of phenolic OH excluding ortho intramolecular Hbond substituents is 1. The lowest BCUT2D eigenvalue weighted by Crippen LogP contribution is -2.46. The van der Waals surface area contributed by atoms with Gasteiger partial charge in [-0.25, -0.2) is 4.98 Å². The van der Waals surface area contributed by atoms with Crippen molar-refractivity contribution < 1.29 is 28.2 Å². The van der Waals surface area contributed by atoms with Crippen molar-refractivity contribution in [3.63, 3.8) is 0 Å². The number of aromatic hydroxyl groups is 1. The predicted octanol–water partition coefficient (Wildman–Crippen LogP) is 4.66. The first kappa shape index (κ1) is 21.3. The van der Waals surface area contributed by atoms with Gasteiger partial charge < -0.3 is 15.1 Å². The van der Waals surface area contributed by atoms with E-state index in [1.165, 1.54) is 46.6 Å². The second-order valence-electron chi connectivity index (χ2n) is 7.45. The second-order valence-corrected chi connectivity index (χ2v) is 8.31. The van der Waals surface area contributed by atoms with Gasteiger partial charge in [-0.15, -0.1) is 11.3 Å². The Bertz CT molecular complexity index is 1090. The van der Waals surface area contributed by atoms with Crippen molar-refractivity contribution in [1.29, 1.82) is 0 Å². The van der Waals surface area contributed by atoms with Gasteiger partial charge in [0.15, 0.2) is 0 Å². The number of halogens is 3. The summed E-state index contributed by atoms with van der Waals surface area (Å²) in [6.07, 6.45) is -4.56. The van der Waals surface area contributed by atoms with E-state index in [9.17, 15) is 28.2 Å². The molecule has 2 N–H and O–H groups in total. The minimum absolute atomic E-state index is 0.000783. The number of aliphatic hydroxyl groups is 1. The highest BCUT2D eigenvalue weighted by molar-refractivity contribution is 7.13. The molecule has 1 aliphatic heterocycles. The molecular weight excluding hydrogens is 429 g/mol. The third-order valence-electron chi connectivity index (χ3n) is 5.45. The van der Waals surface area contributed by atoms with Crippen molar-refractivity contribution >= 4 is 17.2 Å². The lowest BCUT2D eigenvalue weighted by atomic mass is 9.81. The molecule has 0 spiro atoms. The van der Waals surface area contributed by atoms with Crippen molar-refractivity contribution in [1.82, 2.24) is 9.88 Å². The van der Waals surface area contributed by atoms with Gasteiger partial charge in [-0.3, -0.25) is 4.79 Å². The number of carbonyl (C=O) groups excluding carboxylic acids is 1. The maximum Gasteiger partial charge on any atom is 0.416 e. The fraction of sp³-hybridized carbons (Fsp3) is 0.273. The molecule has 1 aliphatic rings. The molecule has 0 radical (unpaired) electrons. The van der Waals surface area contributed by atoms with E-state index >= 15 is 0 Å². The minimum atomic E-state index is -4.56. The molecule has 2 aromatic carbocycles. The molecule has 0 bridgehead atoms. The van der Waals surface area contributed by atoms with E-state index in [1.807, 2.05) is 0 Å². The molecule has 9 heteroatoms. The number of benzene rings is 2. The summed E-state index contributed by atoms with van der Waals surface area (Å²) in [5.41, 5.74) is -1.65. The molecule has 1 fully saturated rings. The van der Waals surface area contributed by atoms with Gasteiger partial charge in [0.1, 0.15) is 16.5 Å². The molecule has 0 saturated carbocycles. The molecule has 31 heavy (non-hydrogen) atoms. The van der Waals surface area contributed by atoms with Crippen molar-refractivity contribution in [3.05, 3.63) is 70.7 Å². The van der Waals surface area contributed by atoms with Crippen LogP contribution in [0.2, 0.25) is 0 Å². The third-order valence-corrected chi connectivity index (χ3v) is 6.34. The van der Waals surface area contributed by atoms with E-state index in [-0.39, 0.29) is 48.8 Å². The number of alkyl halides is 3. The Morgan fingerprint density at radius 1 is 1.06 bits per heavy atom. The summed E-state index contributed by atoms with van der Waals surface area (Å²) in [7, 11) is 0. The van der Waals surface area contributed by atoms with Crippen LogP contribution in [0.25, 0.3) is 10.6 Å². The number of nitrogens with zero attached hydrogens (tertiary/aromatic N) is 2. The number of piperidine rings is 1. The maximum absolute atomic E-state index is 13.4. The number of thiazole rings is 1. The van der Waals surface area contributed by atoms with Crippen LogP contribution in [0.1, 0.15) is 34.5 Å². The van der Waals surface area contributed by atoms with Crippen molar-refractivity contribution in [2.75, 3.05) is 13.1 Å². The van der Waals surface area contributed by atoms with Gasteiger partial charge in [-0.05, 0) is 48.7 Å². The number of carbonyl (C=O) groups is 1. The Labute approximate surface area is 180 Å². The Morgan fingerprint density at radius 3 is 2.35 bits per heavy atom. The van der Waals surface area contributed by atoms with Crippen LogP contribution >= 0.6 is 11.3 Å². The molecule has 0 aliphatic carbocycles. The molecule has 1 amide bonds. The summed E-state index contributed by atoms with van der Waals surface area (Å²) in [6.45, 7) is 0.237. The zero-order chi connectivity index (χ0) is 22.2. The number of amides is 1. The highest BCUT2D eigenvalue weighted by Gasteiger charge is 2.43. The average Bonchev–Trinajstić information content (AvgIpc) is 3.24. The van der Waals surface area contributed by atoms with E-state index in [0.717, 1.165) is 11.6 Å². The molecule has 2 heterocycles. The fourth-order valence-corrected chi connectivity index (χ4v) is 4.56. The number of hydrogen-bond donors (Lipinski definition) is 2. The van der Waals surface area contributed by atoms with E-state index in [2.05, 4.69) is 4.98 Å². The third kappa shape index (κ3) is 4.28. The Balaban J connectivity index is 1.48. The first-order valence-corrected chi connectivity index (χ1v) is 10.5. The quantitative estimate of drug-likeness (QED) is 0.611. The first-order chi connectivity index (χ1) is 14.7. The molecule has 3 aromatic rings. The van der Waals surface area contributed by atoms with Crippen LogP contribution in [0.4, 0.5) is 13.2 Å². The van der Waals surface area contributed by atoms with Crippen molar-refractivity contribution in [2.24, 2.45) is 0 Å². The van der Waals surface area contributed by atoms with E-state index in [4.69, 9.17) is 0 Å². The highest BCUT2D eigenvalue weighted by atomic mass is 32.1.